The smallest absolute Gasteiger partial charge is 0.257 e. The van der Waals surface area contributed by atoms with Crippen molar-refractivity contribution in [1.29, 1.82) is 0 Å². The third kappa shape index (κ3) is 4.80. The van der Waals surface area contributed by atoms with Crippen molar-refractivity contribution < 1.29 is 17.9 Å². The van der Waals surface area contributed by atoms with Crippen LogP contribution in [0.2, 0.25) is 5.02 Å². The zero-order valence-corrected chi connectivity index (χ0v) is 19.1. The van der Waals surface area contributed by atoms with Crippen molar-refractivity contribution in [3.63, 3.8) is 0 Å². The number of nitrogens with zero attached hydrogens (tertiary/aromatic N) is 2. The second kappa shape index (κ2) is 9.61. The fourth-order valence-electron chi connectivity index (χ4n) is 2.83. The Morgan fingerprint density at radius 2 is 1.84 bits per heavy atom. The molecule has 7 nitrogen and oxygen atoms in total. The third-order valence-corrected chi connectivity index (χ3v) is 7.60. The molecule has 0 atom stereocenters. The van der Waals surface area contributed by atoms with E-state index in [9.17, 15) is 13.2 Å². The van der Waals surface area contributed by atoms with Crippen molar-refractivity contribution >= 4 is 54.2 Å². The van der Waals surface area contributed by atoms with Crippen molar-refractivity contribution in [2.75, 3.05) is 25.5 Å². The number of nitrogens with one attached hydrogen (secondary N) is 1. The van der Waals surface area contributed by atoms with Crippen molar-refractivity contribution in [2.24, 2.45) is 0 Å². The Balaban J connectivity index is 1.82. The van der Waals surface area contributed by atoms with Gasteiger partial charge in [-0.2, -0.15) is 4.31 Å². The number of thiazole rings is 1. The van der Waals surface area contributed by atoms with Gasteiger partial charge in [-0.25, -0.2) is 13.4 Å². The van der Waals surface area contributed by atoms with Gasteiger partial charge in [-0.1, -0.05) is 35.1 Å². The van der Waals surface area contributed by atoms with Gasteiger partial charge in [0.05, 0.1) is 21.7 Å². The number of carbonyl (C=O) groups is 1. The van der Waals surface area contributed by atoms with Gasteiger partial charge in [0.25, 0.3) is 5.91 Å². The molecule has 162 valence electrons. The predicted octanol–water partition coefficient (Wildman–Crippen LogP) is 4.57. The molecule has 10 heteroatoms. The highest BCUT2D eigenvalue weighted by atomic mass is 35.5. The summed E-state index contributed by atoms with van der Waals surface area (Å²) in [6.45, 7) is 7.48. The van der Waals surface area contributed by atoms with Crippen molar-refractivity contribution in [3.05, 3.63) is 72.3 Å². The van der Waals surface area contributed by atoms with Crippen LogP contribution in [0.3, 0.4) is 0 Å². The lowest BCUT2D eigenvalue weighted by Crippen LogP contribution is -2.31. The Labute approximate surface area is 189 Å². The van der Waals surface area contributed by atoms with Crippen LogP contribution in [0.15, 0.2) is 66.6 Å². The molecule has 0 saturated carbocycles. The van der Waals surface area contributed by atoms with Gasteiger partial charge in [-0.3, -0.25) is 10.1 Å². The van der Waals surface area contributed by atoms with Gasteiger partial charge in [0.1, 0.15) is 11.3 Å². The van der Waals surface area contributed by atoms with Crippen LogP contribution in [-0.2, 0) is 10.0 Å². The summed E-state index contributed by atoms with van der Waals surface area (Å²) >= 11 is 7.43. The number of fused-ring (bicyclic) bond motifs is 1. The molecule has 1 heterocycles. The Morgan fingerprint density at radius 1 is 1.19 bits per heavy atom. The highest BCUT2D eigenvalue weighted by Crippen LogP contribution is 2.37. The van der Waals surface area contributed by atoms with Gasteiger partial charge in [0.2, 0.25) is 10.0 Å². The number of ether oxygens (including phenoxy) is 1. The van der Waals surface area contributed by atoms with E-state index in [2.05, 4.69) is 23.5 Å². The standard InChI is InChI=1S/C21H20ClN3O4S2/c1-4-12-25(13-5-2)31(27,28)15-8-6-14(7-9-15)20(26)24-21-23-18-17(29-3)11-10-16(22)19(18)30-21/h4-11H,1-2,12-13H2,3H3,(H,23,24,26). The number of sulfonamides is 1. The van der Waals surface area contributed by atoms with E-state index in [-0.39, 0.29) is 23.5 Å². The number of rotatable bonds is 9. The van der Waals surface area contributed by atoms with Crippen molar-refractivity contribution in [3.8, 4) is 5.75 Å². The van der Waals surface area contributed by atoms with E-state index >= 15 is 0 Å². The number of hydrogen-bond acceptors (Lipinski definition) is 6. The lowest BCUT2D eigenvalue weighted by Gasteiger charge is -2.19. The molecule has 3 aromatic rings. The lowest BCUT2D eigenvalue weighted by molar-refractivity contribution is 0.102. The Morgan fingerprint density at radius 3 is 2.42 bits per heavy atom. The Hall–Kier alpha value is -2.72. The number of methoxy groups -OCH3 is 1. The second-order valence-electron chi connectivity index (χ2n) is 6.32. The molecule has 0 unspecified atom stereocenters. The number of halogens is 1. The summed E-state index contributed by atoms with van der Waals surface area (Å²) in [5, 5.41) is 3.58. The fourth-order valence-corrected chi connectivity index (χ4v) is 5.36. The maximum absolute atomic E-state index is 12.8. The molecule has 31 heavy (non-hydrogen) atoms. The lowest BCUT2D eigenvalue weighted by atomic mass is 10.2. The van der Waals surface area contributed by atoms with Crippen LogP contribution in [0.4, 0.5) is 5.13 Å². The minimum atomic E-state index is -3.74. The summed E-state index contributed by atoms with van der Waals surface area (Å²) < 4.78 is 32.8. The zero-order valence-electron chi connectivity index (χ0n) is 16.7. The number of hydrogen-bond donors (Lipinski definition) is 1. The quantitative estimate of drug-likeness (QED) is 0.456. The first-order chi connectivity index (χ1) is 14.8. The first-order valence-corrected chi connectivity index (χ1v) is 11.7. The molecule has 0 aliphatic carbocycles. The van der Waals surface area contributed by atoms with Gasteiger partial charge >= 0.3 is 0 Å². The van der Waals surface area contributed by atoms with Crippen LogP contribution in [0, 0.1) is 0 Å². The number of carbonyl (C=O) groups excluding carboxylic acids is 1. The predicted molar refractivity (Wildman–Crippen MR) is 125 cm³/mol. The molecule has 0 aliphatic heterocycles. The minimum Gasteiger partial charge on any atom is -0.494 e. The molecule has 0 aliphatic rings. The van der Waals surface area contributed by atoms with E-state index in [4.69, 9.17) is 16.3 Å². The topological polar surface area (TPSA) is 88.6 Å². The summed E-state index contributed by atoms with van der Waals surface area (Å²) in [5.74, 6) is 0.126. The highest BCUT2D eigenvalue weighted by molar-refractivity contribution is 7.89. The Kier molecular flexibility index (Phi) is 7.11. The molecule has 1 amide bonds. The second-order valence-corrected chi connectivity index (χ2v) is 9.67. The van der Waals surface area contributed by atoms with Crippen LogP contribution in [0.25, 0.3) is 10.2 Å². The van der Waals surface area contributed by atoms with Gasteiger partial charge in [0.15, 0.2) is 5.13 Å². The van der Waals surface area contributed by atoms with Crippen molar-refractivity contribution in [1.82, 2.24) is 9.29 Å². The summed E-state index contributed by atoms with van der Waals surface area (Å²) in [6, 6.07) is 9.08. The maximum atomic E-state index is 12.8. The average Bonchev–Trinajstić information content (AvgIpc) is 3.18. The molecule has 0 fully saturated rings. The first-order valence-electron chi connectivity index (χ1n) is 9.08. The van der Waals surface area contributed by atoms with Crippen LogP contribution in [0.1, 0.15) is 10.4 Å². The third-order valence-electron chi connectivity index (χ3n) is 4.32. The summed E-state index contributed by atoms with van der Waals surface area (Å²) in [5.41, 5.74) is 0.844. The summed E-state index contributed by atoms with van der Waals surface area (Å²) in [4.78, 5) is 17.1. The Bertz CT molecular complexity index is 1230. The first kappa shape index (κ1) is 23.0. The molecule has 2 aromatic carbocycles. The normalized spacial score (nSPS) is 11.5. The van der Waals surface area contributed by atoms with Gasteiger partial charge in [-0.05, 0) is 36.4 Å². The van der Waals surface area contributed by atoms with Crippen LogP contribution in [0.5, 0.6) is 5.75 Å². The number of anilines is 1. The van der Waals surface area contributed by atoms with Crippen LogP contribution >= 0.6 is 22.9 Å². The molecule has 0 radical (unpaired) electrons. The van der Waals surface area contributed by atoms with Gasteiger partial charge in [-0.15, -0.1) is 13.2 Å². The molecular weight excluding hydrogens is 458 g/mol. The largest absolute Gasteiger partial charge is 0.494 e. The van der Waals surface area contributed by atoms with Crippen LogP contribution in [-0.4, -0.2) is 43.8 Å². The molecule has 0 bridgehead atoms. The van der Waals surface area contributed by atoms with E-state index in [0.717, 1.165) is 0 Å². The highest BCUT2D eigenvalue weighted by Gasteiger charge is 2.23. The van der Waals surface area contributed by atoms with E-state index in [1.807, 2.05) is 0 Å². The number of benzene rings is 2. The zero-order chi connectivity index (χ0) is 22.6. The van der Waals surface area contributed by atoms with E-state index < -0.39 is 15.9 Å². The molecule has 0 saturated heterocycles. The SMILES string of the molecule is C=CCN(CC=C)S(=O)(=O)c1ccc(C(=O)Nc2nc3c(OC)ccc(Cl)c3s2)cc1. The number of amides is 1. The summed E-state index contributed by atoms with van der Waals surface area (Å²) in [7, 11) is -2.21. The molecule has 1 N–H and O–H groups in total. The minimum absolute atomic E-state index is 0.0734. The van der Waals surface area contributed by atoms with Gasteiger partial charge in [0, 0.05) is 18.7 Å². The maximum Gasteiger partial charge on any atom is 0.257 e. The summed E-state index contributed by atoms with van der Waals surface area (Å²) in [6.07, 6.45) is 3.00. The molecule has 0 spiro atoms. The number of aromatic nitrogens is 1. The van der Waals surface area contributed by atoms with E-state index in [1.165, 1.54) is 59.2 Å². The molecule has 3 rings (SSSR count). The molecule has 1 aromatic heterocycles. The monoisotopic (exact) mass is 477 g/mol. The molecular formula is C21H20ClN3O4S2. The van der Waals surface area contributed by atoms with Crippen molar-refractivity contribution in [2.45, 2.75) is 4.90 Å². The van der Waals surface area contributed by atoms with E-state index in [1.54, 1.807) is 12.1 Å². The average molecular weight is 478 g/mol. The fraction of sp³-hybridized carbons (Fsp3) is 0.143. The van der Waals surface area contributed by atoms with Gasteiger partial charge < -0.3 is 4.74 Å². The van der Waals surface area contributed by atoms with Crippen LogP contribution < -0.4 is 10.1 Å². The van der Waals surface area contributed by atoms with E-state index in [0.29, 0.717) is 26.1 Å².